The summed E-state index contributed by atoms with van der Waals surface area (Å²) in [7, 11) is -7.16. The first kappa shape index (κ1) is 81.8. The van der Waals surface area contributed by atoms with E-state index in [-0.39, 0.29) is 79.4 Å². The van der Waals surface area contributed by atoms with Gasteiger partial charge < -0.3 is 38.8 Å². The van der Waals surface area contributed by atoms with Crippen molar-refractivity contribution in [2.45, 2.75) is 238 Å². The lowest BCUT2D eigenvalue weighted by Crippen LogP contribution is -2.39. The Bertz CT molecular complexity index is 4050. The number of ketones is 3. The predicted octanol–water partition coefficient (Wildman–Crippen LogP) is 19.7. The Kier molecular flexibility index (Phi) is 30.2. The molecule has 4 aliphatic carbocycles. The van der Waals surface area contributed by atoms with Gasteiger partial charge in [0.05, 0.1) is 68.4 Å². The van der Waals surface area contributed by atoms with Crippen LogP contribution in [0.3, 0.4) is 0 Å². The van der Waals surface area contributed by atoms with Gasteiger partial charge in [-0.2, -0.15) is 0 Å². The number of fused-ring (bicyclic) bond motifs is 4. The van der Waals surface area contributed by atoms with Crippen LogP contribution in [0.5, 0.6) is 0 Å². The van der Waals surface area contributed by atoms with E-state index in [9.17, 15) is 31.2 Å². The van der Waals surface area contributed by atoms with Gasteiger partial charge >= 0.3 is 0 Å². The molecule has 0 unspecified atom stereocenters. The maximum atomic E-state index is 15.5. The quantitative estimate of drug-likeness (QED) is 0.0279. The van der Waals surface area contributed by atoms with Gasteiger partial charge in [0, 0.05) is 88.6 Å². The molecule has 4 aromatic carbocycles. The number of rotatable bonds is 40. The van der Waals surface area contributed by atoms with Crippen LogP contribution in [-0.2, 0) is 47.2 Å². The van der Waals surface area contributed by atoms with Crippen molar-refractivity contribution in [2.24, 2.45) is 17.6 Å². The van der Waals surface area contributed by atoms with Gasteiger partial charge in [0.15, 0.2) is 31.2 Å². The van der Waals surface area contributed by atoms with E-state index in [0.717, 1.165) is 177 Å². The van der Waals surface area contributed by atoms with Gasteiger partial charge in [0.25, 0.3) is 0 Å². The second-order valence-electron chi connectivity index (χ2n) is 28.9. The van der Waals surface area contributed by atoms with Crippen LogP contribution in [0.4, 0.5) is 20.2 Å². The lowest BCUT2D eigenvalue weighted by atomic mass is 10.0. The van der Waals surface area contributed by atoms with Crippen molar-refractivity contribution in [3.8, 4) is 22.5 Å². The highest BCUT2D eigenvalue weighted by molar-refractivity contribution is 7.92. The number of halogens is 6. The molecule has 6 aliphatic rings. The Balaban J connectivity index is 0.000000235. The molecular weight excluding hydrogens is 1440 g/mol. The van der Waals surface area contributed by atoms with E-state index in [1.165, 1.54) is 12.1 Å². The third-order valence-corrected chi connectivity index (χ3v) is 25.5. The molecule has 2 N–H and O–H groups in total. The molecule has 12 rings (SSSR count). The number of piperidine rings is 2. The number of benzene rings is 4. The molecule has 6 atom stereocenters. The molecule has 2 saturated heterocycles. The van der Waals surface area contributed by atoms with Crippen LogP contribution in [0.25, 0.3) is 22.5 Å². The number of anilines is 2. The largest absolute Gasteiger partial charge is 0.373 e. The molecule has 4 heterocycles. The average Bonchev–Trinajstić information content (AvgIpc) is 1.65. The van der Waals surface area contributed by atoms with E-state index < -0.39 is 54.4 Å². The SMILES string of the molecule is C.C.CC(=O)CCCCCCCCCCCS(=O)(=O)CC(=O)c1ccc(N2C[C@@H]3C[C@H]2C[C@H]3OCc2c(-c3c(Cl)cccc3Cl)noc2C2CC2)c(F)c1.NCCCCCCCCCCS(=O)(=O)CC(=O)c1ccc(N2C[C@@H]3C[C@H]2C[C@H]3OCc2c(-c3c(Cl)cccc3Cl)noc2C2CC2)c(F)c1. The lowest BCUT2D eigenvalue weighted by molar-refractivity contribution is -0.117. The van der Waals surface area contributed by atoms with E-state index in [1.54, 1.807) is 67.6 Å². The number of nitrogens with zero attached hydrogens (tertiary/aromatic N) is 4. The number of carbonyl (C=O) groups excluding carboxylic acids is 3. The Hall–Kier alpha value is -5.29. The molecule has 0 spiro atoms. The second kappa shape index (κ2) is 38.0. The van der Waals surface area contributed by atoms with Crippen molar-refractivity contribution in [1.82, 2.24) is 10.3 Å². The number of Topliss-reactive ketones (excluding diaryl/α,β-unsaturated/α-hetero) is 3. The van der Waals surface area contributed by atoms with E-state index in [0.29, 0.717) is 111 Å². The number of hydrogen-bond donors (Lipinski definition) is 1. The molecule has 2 aromatic heterocycles. The van der Waals surface area contributed by atoms with Crippen molar-refractivity contribution < 1.29 is 58.5 Å². The molecule has 0 amide bonds. The summed E-state index contributed by atoms with van der Waals surface area (Å²) in [6, 6.07) is 19.6. The summed E-state index contributed by atoms with van der Waals surface area (Å²) in [5, 5.41) is 10.7. The number of hydrogen-bond acceptors (Lipinski definition) is 16. The molecular formula is C79H103Cl4F2N5O11S2. The standard InChI is InChI=1S/C40H49Cl2FN2O6S.C37H46Cl2FN3O5S.2CH4/c1-26(46)12-9-7-5-3-2-4-6-8-10-19-52(48,49)25-36(47)28-17-18-35(34(43)21-28)45-23-29-20-30(45)22-37(29)50-24-31-39(44-51-40(31)27-15-16-27)38-32(41)13-11-14-33(38)42;38-29-10-9-11-30(39)35(29)36-28(37(48-42-36)24-12-13-24)22-47-34-20-27-18-26(34)21-43(27)32-15-14-25(19-31(32)40)33(44)23-49(45,46)17-8-6-4-2-1-3-5-7-16-41;;/h11,13-14,17-18,21,27,29-30,37H,2-10,12,15-16,19-20,22-25H2,1H3;9-11,14-15,19,24,26-27,34H,1-8,12-13,16-18,20-23,41H2;2*1H4/t29-,30-,37+;26-,27-,34+;;/m00../s1. The highest BCUT2D eigenvalue weighted by Gasteiger charge is 2.48. The molecule has 564 valence electrons. The van der Waals surface area contributed by atoms with Gasteiger partial charge in [-0.05, 0) is 151 Å². The van der Waals surface area contributed by atoms with Crippen LogP contribution in [-0.4, -0.2) is 111 Å². The zero-order valence-corrected chi connectivity index (χ0v) is 62.4. The number of unbranched alkanes of at least 4 members (excludes halogenated alkanes) is 15. The van der Waals surface area contributed by atoms with Crippen molar-refractivity contribution in [3.63, 3.8) is 0 Å². The van der Waals surface area contributed by atoms with Crippen LogP contribution in [0, 0.1) is 23.5 Å². The van der Waals surface area contributed by atoms with E-state index in [2.05, 4.69) is 10.3 Å². The predicted molar refractivity (Wildman–Crippen MR) is 408 cm³/mol. The third-order valence-electron chi connectivity index (χ3n) is 21.0. The first-order valence-electron chi connectivity index (χ1n) is 36.5. The maximum absolute atomic E-state index is 15.5. The minimum absolute atomic E-state index is 0. The second-order valence-corrected chi connectivity index (χ2v) is 34.9. The van der Waals surface area contributed by atoms with Crippen LogP contribution in [0.1, 0.15) is 244 Å². The molecule has 103 heavy (non-hydrogen) atoms. The van der Waals surface area contributed by atoms with Crippen LogP contribution >= 0.6 is 46.4 Å². The molecule has 2 aliphatic heterocycles. The zero-order valence-electron chi connectivity index (χ0n) is 57.7. The van der Waals surface area contributed by atoms with Crippen molar-refractivity contribution in [1.29, 1.82) is 0 Å². The van der Waals surface area contributed by atoms with Gasteiger partial charge in [-0.15, -0.1) is 0 Å². The fourth-order valence-electron chi connectivity index (χ4n) is 15.3. The van der Waals surface area contributed by atoms with Gasteiger partial charge in [-0.1, -0.05) is 167 Å². The molecule has 16 nitrogen and oxygen atoms in total. The topological polar surface area (TPSA) is 223 Å². The smallest absolute Gasteiger partial charge is 0.177 e. The molecule has 6 aromatic rings. The van der Waals surface area contributed by atoms with E-state index in [1.807, 2.05) is 9.80 Å². The summed E-state index contributed by atoms with van der Waals surface area (Å²) in [5.41, 5.74) is 10.8. The summed E-state index contributed by atoms with van der Waals surface area (Å²) in [5.74, 6) is -0.500. The average molecular weight is 1540 g/mol. The van der Waals surface area contributed by atoms with Gasteiger partial charge in [0.1, 0.15) is 51.8 Å². The molecule has 6 fully saturated rings. The molecule has 0 radical (unpaired) electrons. The summed E-state index contributed by atoms with van der Waals surface area (Å²) in [6.45, 7) is 4.24. The number of sulfone groups is 2. The molecule has 24 heteroatoms. The first-order chi connectivity index (χ1) is 48.6. The van der Waals surface area contributed by atoms with Gasteiger partial charge in [0.2, 0.25) is 0 Å². The summed E-state index contributed by atoms with van der Waals surface area (Å²) >= 11 is 26.1. The minimum Gasteiger partial charge on any atom is -0.373 e. The number of ether oxygens (including phenoxy) is 2. The monoisotopic (exact) mass is 1540 g/mol. The van der Waals surface area contributed by atoms with Crippen LogP contribution in [0.2, 0.25) is 20.1 Å². The van der Waals surface area contributed by atoms with Crippen LogP contribution in [0.15, 0.2) is 81.8 Å². The Labute approximate surface area is 628 Å². The Morgan fingerprint density at radius 3 is 1.21 bits per heavy atom. The third kappa shape index (κ3) is 21.8. The van der Waals surface area contributed by atoms with Gasteiger partial charge in [-0.25, -0.2) is 25.6 Å². The zero-order chi connectivity index (χ0) is 71.4. The number of nitrogens with two attached hydrogens (primary N) is 1. The summed E-state index contributed by atoms with van der Waals surface area (Å²) in [4.78, 5) is 40.9. The Morgan fingerprint density at radius 2 is 0.883 bits per heavy atom. The van der Waals surface area contributed by atoms with Gasteiger partial charge in [-0.3, -0.25) is 9.59 Å². The van der Waals surface area contributed by atoms with E-state index in [4.69, 9.17) is 70.7 Å². The van der Waals surface area contributed by atoms with Crippen molar-refractivity contribution in [3.05, 3.63) is 138 Å². The Morgan fingerprint density at radius 1 is 0.524 bits per heavy atom. The first-order valence-corrected chi connectivity index (χ1v) is 41.7. The summed E-state index contributed by atoms with van der Waals surface area (Å²) in [6.07, 6.45) is 24.6. The molecule has 4 bridgehead atoms. The number of aromatic nitrogens is 2. The number of carbonyl (C=O) groups is 3. The minimum atomic E-state index is -3.59. The van der Waals surface area contributed by atoms with E-state index >= 15 is 8.78 Å². The maximum Gasteiger partial charge on any atom is 0.177 e. The fraction of sp³-hybridized carbons (Fsp3) is 0.582. The summed E-state index contributed by atoms with van der Waals surface area (Å²) < 4.78 is 106. The highest BCUT2D eigenvalue weighted by atomic mass is 35.5. The van der Waals surface area contributed by atoms with Crippen molar-refractivity contribution in [2.75, 3.05) is 52.4 Å². The van der Waals surface area contributed by atoms with Crippen molar-refractivity contribution >= 4 is 94.8 Å². The fourth-order valence-corrected chi connectivity index (χ4v) is 19.1. The highest BCUT2D eigenvalue weighted by Crippen LogP contribution is 2.50. The normalized spacial score (nSPS) is 19.7. The van der Waals surface area contributed by atoms with Crippen LogP contribution < -0.4 is 15.5 Å². The lowest BCUT2D eigenvalue weighted by Gasteiger charge is -2.33. The molecule has 4 saturated carbocycles.